The first-order valence-corrected chi connectivity index (χ1v) is 7.64. The van der Waals surface area contributed by atoms with Crippen LogP contribution in [0.15, 0.2) is 47.6 Å². The molecule has 0 aliphatic rings. The van der Waals surface area contributed by atoms with E-state index in [1.54, 1.807) is 24.4 Å². The number of halogens is 1. The van der Waals surface area contributed by atoms with E-state index >= 15 is 0 Å². The lowest BCUT2D eigenvalue weighted by atomic mass is 10.2. The molecule has 0 unspecified atom stereocenters. The fourth-order valence-electron chi connectivity index (χ4n) is 2.16. The molecular weight excluding hydrogens is 298 g/mol. The van der Waals surface area contributed by atoms with E-state index in [9.17, 15) is 5.11 Å². The molecule has 5 heteroatoms. The molecule has 0 radical (unpaired) electrons. The van der Waals surface area contributed by atoms with Crippen LogP contribution in [0.25, 0.3) is 0 Å². The minimum Gasteiger partial charge on any atom is -0.507 e. The van der Waals surface area contributed by atoms with Crippen LogP contribution in [0.1, 0.15) is 19.4 Å². The maximum Gasteiger partial charge on any atom is 0.126 e. The van der Waals surface area contributed by atoms with Crippen LogP contribution in [0.2, 0.25) is 5.02 Å². The largest absolute Gasteiger partial charge is 0.507 e. The van der Waals surface area contributed by atoms with Gasteiger partial charge in [0.25, 0.3) is 0 Å². The molecule has 0 amide bonds. The van der Waals surface area contributed by atoms with Crippen LogP contribution in [-0.4, -0.2) is 24.4 Å². The fourth-order valence-corrected chi connectivity index (χ4v) is 2.35. The number of phenolic OH excluding ortho intramolecular Hbond substituents is 1. The Kier molecular flexibility index (Phi) is 5.67. The zero-order chi connectivity index (χ0) is 15.9. The van der Waals surface area contributed by atoms with Crippen molar-refractivity contribution in [3.8, 4) is 5.75 Å². The highest BCUT2D eigenvalue weighted by molar-refractivity contribution is 6.30. The average Bonchev–Trinajstić information content (AvgIpc) is 2.51. The van der Waals surface area contributed by atoms with Crippen molar-refractivity contribution in [3.05, 3.63) is 53.1 Å². The van der Waals surface area contributed by atoms with Gasteiger partial charge in [-0.25, -0.2) is 0 Å². The van der Waals surface area contributed by atoms with E-state index < -0.39 is 0 Å². The first-order chi connectivity index (χ1) is 10.6. The van der Waals surface area contributed by atoms with Crippen LogP contribution >= 0.6 is 11.6 Å². The molecule has 0 aliphatic carbocycles. The number of hydrazone groups is 1. The number of benzene rings is 2. The van der Waals surface area contributed by atoms with Crippen molar-refractivity contribution < 1.29 is 5.11 Å². The lowest BCUT2D eigenvalue weighted by Crippen LogP contribution is -2.21. The van der Waals surface area contributed by atoms with Gasteiger partial charge in [0.15, 0.2) is 0 Å². The van der Waals surface area contributed by atoms with Crippen LogP contribution in [0.4, 0.5) is 11.4 Å². The Morgan fingerprint density at radius 1 is 1.18 bits per heavy atom. The highest BCUT2D eigenvalue weighted by Crippen LogP contribution is 2.23. The Hall–Kier alpha value is -2.20. The molecule has 0 fully saturated rings. The molecule has 2 aromatic rings. The molecule has 0 spiro atoms. The Morgan fingerprint density at radius 2 is 1.95 bits per heavy atom. The van der Waals surface area contributed by atoms with Crippen molar-refractivity contribution in [2.45, 2.75) is 13.8 Å². The van der Waals surface area contributed by atoms with Crippen LogP contribution in [0, 0.1) is 0 Å². The van der Waals surface area contributed by atoms with Crippen molar-refractivity contribution in [1.29, 1.82) is 0 Å². The number of hydrogen-bond donors (Lipinski definition) is 2. The molecular formula is C17H20ClN3O. The number of anilines is 2. The topological polar surface area (TPSA) is 47.9 Å². The van der Waals surface area contributed by atoms with Gasteiger partial charge in [0.1, 0.15) is 5.75 Å². The molecule has 2 N–H and O–H groups in total. The van der Waals surface area contributed by atoms with E-state index in [0.29, 0.717) is 10.6 Å². The van der Waals surface area contributed by atoms with Gasteiger partial charge in [-0.3, -0.25) is 5.43 Å². The summed E-state index contributed by atoms with van der Waals surface area (Å²) in [6.07, 6.45) is 1.59. The first kappa shape index (κ1) is 16.2. The number of rotatable bonds is 6. The third kappa shape index (κ3) is 4.15. The van der Waals surface area contributed by atoms with Crippen LogP contribution < -0.4 is 10.3 Å². The Morgan fingerprint density at radius 3 is 2.59 bits per heavy atom. The molecule has 0 atom stereocenters. The zero-order valence-corrected chi connectivity index (χ0v) is 13.5. The predicted octanol–water partition coefficient (Wildman–Crippen LogP) is 4.34. The van der Waals surface area contributed by atoms with Crippen molar-refractivity contribution >= 4 is 29.2 Å². The summed E-state index contributed by atoms with van der Waals surface area (Å²) < 4.78 is 0. The SMILES string of the molecule is CCN(CC)c1ccc(/C=N\Nc2cccc(Cl)c2)c(O)c1. The highest BCUT2D eigenvalue weighted by Gasteiger charge is 2.05. The van der Waals surface area contributed by atoms with Gasteiger partial charge in [-0.1, -0.05) is 17.7 Å². The molecule has 0 heterocycles. The second kappa shape index (κ2) is 7.71. The highest BCUT2D eigenvalue weighted by atomic mass is 35.5. The van der Waals surface area contributed by atoms with Crippen molar-refractivity contribution in [2.75, 3.05) is 23.4 Å². The molecule has 0 aromatic heterocycles. The summed E-state index contributed by atoms with van der Waals surface area (Å²) >= 11 is 5.90. The monoisotopic (exact) mass is 317 g/mol. The summed E-state index contributed by atoms with van der Waals surface area (Å²) in [4.78, 5) is 2.17. The number of nitrogens with zero attached hydrogens (tertiary/aromatic N) is 2. The van der Waals surface area contributed by atoms with Gasteiger partial charge >= 0.3 is 0 Å². The normalized spacial score (nSPS) is 10.9. The Bertz CT molecular complexity index is 654. The van der Waals surface area contributed by atoms with E-state index in [1.807, 2.05) is 24.3 Å². The number of phenols is 1. The molecule has 0 bridgehead atoms. The Labute approximate surface area is 136 Å². The molecule has 0 aliphatic heterocycles. The van der Waals surface area contributed by atoms with E-state index in [2.05, 4.69) is 29.3 Å². The third-order valence-corrected chi connectivity index (χ3v) is 3.60. The van der Waals surface area contributed by atoms with E-state index in [0.717, 1.165) is 24.5 Å². The lowest BCUT2D eigenvalue weighted by Gasteiger charge is -2.21. The summed E-state index contributed by atoms with van der Waals surface area (Å²) in [6, 6.07) is 12.9. The van der Waals surface area contributed by atoms with Crippen LogP contribution in [-0.2, 0) is 0 Å². The molecule has 0 saturated heterocycles. The molecule has 2 aromatic carbocycles. The smallest absolute Gasteiger partial charge is 0.126 e. The van der Waals surface area contributed by atoms with Gasteiger partial charge in [-0.15, -0.1) is 0 Å². The predicted molar refractivity (Wildman–Crippen MR) is 94.3 cm³/mol. The van der Waals surface area contributed by atoms with Gasteiger partial charge in [-0.05, 0) is 44.2 Å². The summed E-state index contributed by atoms with van der Waals surface area (Å²) in [7, 11) is 0. The van der Waals surface area contributed by atoms with Crippen LogP contribution in [0.3, 0.4) is 0 Å². The quantitative estimate of drug-likeness (QED) is 0.615. The average molecular weight is 318 g/mol. The van der Waals surface area contributed by atoms with Gasteiger partial charge in [0.2, 0.25) is 0 Å². The third-order valence-electron chi connectivity index (χ3n) is 3.36. The standard InChI is InChI=1S/C17H20ClN3O/c1-3-21(4-2)16-9-8-13(17(22)11-16)12-19-20-15-7-5-6-14(18)10-15/h5-12,20,22H,3-4H2,1-2H3/b19-12-. The van der Waals surface area contributed by atoms with E-state index in [4.69, 9.17) is 11.6 Å². The summed E-state index contributed by atoms with van der Waals surface area (Å²) in [5.41, 5.74) is 5.34. The number of nitrogens with one attached hydrogen (secondary N) is 1. The van der Waals surface area contributed by atoms with Gasteiger partial charge in [-0.2, -0.15) is 5.10 Å². The molecule has 116 valence electrons. The summed E-state index contributed by atoms with van der Waals surface area (Å²) in [5, 5.41) is 14.9. The molecule has 0 saturated carbocycles. The van der Waals surface area contributed by atoms with Gasteiger partial charge in [0.05, 0.1) is 11.9 Å². The minimum absolute atomic E-state index is 0.209. The first-order valence-electron chi connectivity index (χ1n) is 7.26. The summed E-state index contributed by atoms with van der Waals surface area (Å²) in [6.45, 7) is 5.98. The zero-order valence-electron chi connectivity index (χ0n) is 12.8. The maximum atomic E-state index is 10.1. The Balaban J connectivity index is 2.08. The molecule has 2 rings (SSSR count). The van der Waals surface area contributed by atoms with Crippen molar-refractivity contribution in [2.24, 2.45) is 5.10 Å². The van der Waals surface area contributed by atoms with Gasteiger partial charge in [0, 0.05) is 35.4 Å². The second-order valence-corrected chi connectivity index (χ2v) is 5.23. The number of hydrogen-bond acceptors (Lipinski definition) is 4. The lowest BCUT2D eigenvalue weighted by molar-refractivity contribution is 0.474. The molecule has 4 nitrogen and oxygen atoms in total. The van der Waals surface area contributed by atoms with E-state index in [-0.39, 0.29) is 5.75 Å². The maximum absolute atomic E-state index is 10.1. The van der Waals surface area contributed by atoms with Crippen LogP contribution in [0.5, 0.6) is 5.75 Å². The van der Waals surface area contributed by atoms with Crippen molar-refractivity contribution in [3.63, 3.8) is 0 Å². The fraction of sp³-hybridized carbons (Fsp3) is 0.235. The van der Waals surface area contributed by atoms with E-state index in [1.165, 1.54) is 0 Å². The molecule has 22 heavy (non-hydrogen) atoms. The van der Waals surface area contributed by atoms with Gasteiger partial charge < -0.3 is 10.0 Å². The van der Waals surface area contributed by atoms with Crippen molar-refractivity contribution in [1.82, 2.24) is 0 Å². The summed E-state index contributed by atoms with van der Waals surface area (Å²) in [5.74, 6) is 0.209. The number of aromatic hydroxyl groups is 1. The second-order valence-electron chi connectivity index (χ2n) is 4.80. The minimum atomic E-state index is 0.209.